The lowest BCUT2D eigenvalue weighted by molar-refractivity contribution is 0.469. The van der Waals surface area contributed by atoms with Gasteiger partial charge in [-0.3, -0.25) is 0 Å². The molecule has 0 aliphatic heterocycles. The second-order valence-corrected chi connectivity index (χ2v) is 4.97. The molecular formula is C13H9NO3S. The Morgan fingerprint density at radius 2 is 2.22 bits per heavy atom. The molecule has 18 heavy (non-hydrogen) atoms. The predicted molar refractivity (Wildman–Crippen MR) is 70.0 cm³/mol. The van der Waals surface area contributed by atoms with Crippen LogP contribution in [0.1, 0.15) is 4.88 Å². The van der Waals surface area contributed by atoms with Crippen LogP contribution in [0.15, 0.2) is 39.0 Å². The van der Waals surface area contributed by atoms with Crippen molar-refractivity contribution in [3.63, 3.8) is 0 Å². The summed E-state index contributed by atoms with van der Waals surface area (Å²) < 4.78 is 5.18. The Labute approximate surface area is 106 Å². The third-order valence-corrected chi connectivity index (χ3v) is 3.61. The topological polar surface area (TPSA) is 63.3 Å². The molecule has 3 aromatic heterocycles. The minimum absolute atomic E-state index is 0.122. The quantitative estimate of drug-likeness (QED) is 0.729. The van der Waals surface area contributed by atoms with Crippen molar-refractivity contribution in [2.24, 2.45) is 0 Å². The standard InChI is InChI=1S/C13H9NO3S/c1-7-8(4-6-18-7)10-12(15)11-9(17-13(10)16)3-2-5-14-11/h2-6,15H,1H3. The Hall–Kier alpha value is -2.14. The summed E-state index contributed by atoms with van der Waals surface area (Å²) >= 11 is 1.51. The number of aryl methyl sites for hydroxylation is 1. The van der Waals surface area contributed by atoms with Crippen LogP contribution in [0, 0.1) is 6.92 Å². The van der Waals surface area contributed by atoms with E-state index in [0.29, 0.717) is 11.1 Å². The number of nitrogens with zero attached hydrogens (tertiary/aromatic N) is 1. The SMILES string of the molecule is Cc1sccc1-c1c(O)c2ncccc2oc1=O. The molecule has 0 amide bonds. The van der Waals surface area contributed by atoms with Crippen LogP contribution in [0.4, 0.5) is 0 Å². The van der Waals surface area contributed by atoms with E-state index in [1.54, 1.807) is 24.4 Å². The van der Waals surface area contributed by atoms with Crippen molar-refractivity contribution in [2.75, 3.05) is 0 Å². The monoisotopic (exact) mass is 259 g/mol. The smallest absolute Gasteiger partial charge is 0.348 e. The number of hydrogen-bond acceptors (Lipinski definition) is 5. The third-order valence-electron chi connectivity index (χ3n) is 2.77. The molecule has 0 aliphatic rings. The minimum Gasteiger partial charge on any atom is -0.505 e. The van der Waals surface area contributed by atoms with E-state index in [2.05, 4.69) is 4.98 Å². The van der Waals surface area contributed by atoms with Crippen LogP contribution >= 0.6 is 11.3 Å². The summed E-state index contributed by atoms with van der Waals surface area (Å²) in [6.07, 6.45) is 1.55. The van der Waals surface area contributed by atoms with Gasteiger partial charge in [0, 0.05) is 16.6 Å². The highest BCUT2D eigenvalue weighted by Crippen LogP contribution is 2.34. The second kappa shape index (κ2) is 3.96. The second-order valence-electron chi connectivity index (χ2n) is 3.85. The van der Waals surface area contributed by atoms with Crippen molar-refractivity contribution in [1.82, 2.24) is 4.98 Å². The average Bonchev–Trinajstić information content (AvgIpc) is 2.76. The normalized spacial score (nSPS) is 10.9. The number of rotatable bonds is 1. The zero-order chi connectivity index (χ0) is 12.7. The fraction of sp³-hybridized carbons (Fsp3) is 0.0769. The molecule has 0 radical (unpaired) electrons. The van der Waals surface area contributed by atoms with Crippen molar-refractivity contribution in [2.45, 2.75) is 6.92 Å². The van der Waals surface area contributed by atoms with Crippen LogP contribution in [0.5, 0.6) is 5.75 Å². The van der Waals surface area contributed by atoms with Gasteiger partial charge in [-0.1, -0.05) is 0 Å². The number of pyridine rings is 1. The maximum atomic E-state index is 12.0. The lowest BCUT2D eigenvalue weighted by atomic mass is 10.1. The van der Waals surface area contributed by atoms with Gasteiger partial charge < -0.3 is 9.52 Å². The van der Waals surface area contributed by atoms with Gasteiger partial charge >= 0.3 is 5.63 Å². The average molecular weight is 259 g/mol. The van der Waals surface area contributed by atoms with Crippen LogP contribution in [0.25, 0.3) is 22.2 Å². The fourth-order valence-electron chi connectivity index (χ4n) is 1.90. The van der Waals surface area contributed by atoms with E-state index >= 15 is 0 Å². The third kappa shape index (κ3) is 1.52. The van der Waals surface area contributed by atoms with E-state index in [1.165, 1.54) is 11.3 Å². The van der Waals surface area contributed by atoms with E-state index in [9.17, 15) is 9.90 Å². The first kappa shape index (κ1) is 11.0. The minimum atomic E-state index is -0.547. The van der Waals surface area contributed by atoms with E-state index in [0.717, 1.165) is 4.88 Å². The zero-order valence-corrected chi connectivity index (χ0v) is 10.3. The molecule has 0 bridgehead atoms. The molecule has 3 aromatic rings. The highest BCUT2D eigenvalue weighted by molar-refractivity contribution is 7.10. The Morgan fingerprint density at radius 1 is 1.39 bits per heavy atom. The number of hydrogen-bond donors (Lipinski definition) is 1. The Morgan fingerprint density at radius 3 is 2.94 bits per heavy atom. The van der Waals surface area contributed by atoms with E-state index in [-0.39, 0.29) is 16.9 Å². The summed E-state index contributed by atoms with van der Waals surface area (Å²) in [4.78, 5) is 16.9. The van der Waals surface area contributed by atoms with Crippen molar-refractivity contribution >= 4 is 22.4 Å². The molecule has 4 nitrogen and oxygen atoms in total. The zero-order valence-electron chi connectivity index (χ0n) is 9.51. The summed E-state index contributed by atoms with van der Waals surface area (Å²) in [6, 6.07) is 5.05. The predicted octanol–water partition coefficient (Wildman–Crippen LogP) is 2.93. The number of aromatic hydroxyl groups is 1. The van der Waals surface area contributed by atoms with Crippen LogP contribution < -0.4 is 5.63 Å². The summed E-state index contributed by atoms with van der Waals surface area (Å²) in [6.45, 7) is 1.89. The Balaban J connectivity index is 2.44. The maximum absolute atomic E-state index is 12.0. The number of thiophene rings is 1. The van der Waals surface area contributed by atoms with Crippen molar-refractivity contribution in [3.8, 4) is 16.9 Å². The summed E-state index contributed by atoms with van der Waals surface area (Å²) in [7, 11) is 0. The Bertz CT molecular complexity index is 788. The van der Waals surface area contributed by atoms with Crippen LogP contribution in [-0.4, -0.2) is 10.1 Å². The molecular weight excluding hydrogens is 250 g/mol. The molecule has 0 saturated carbocycles. The molecule has 3 heterocycles. The molecule has 1 N–H and O–H groups in total. The van der Waals surface area contributed by atoms with Gasteiger partial charge in [0.05, 0.1) is 0 Å². The molecule has 5 heteroatoms. The van der Waals surface area contributed by atoms with Gasteiger partial charge in [-0.05, 0) is 30.5 Å². The van der Waals surface area contributed by atoms with Crippen molar-refractivity contribution in [1.29, 1.82) is 0 Å². The van der Waals surface area contributed by atoms with Crippen molar-refractivity contribution < 1.29 is 9.52 Å². The molecule has 0 unspecified atom stereocenters. The van der Waals surface area contributed by atoms with Gasteiger partial charge in [-0.25, -0.2) is 9.78 Å². The van der Waals surface area contributed by atoms with Crippen LogP contribution in [0.3, 0.4) is 0 Å². The lowest BCUT2D eigenvalue weighted by Crippen LogP contribution is -2.04. The van der Waals surface area contributed by atoms with Gasteiger partial charge in [-0.2, -0.15) is 0 Å². The molecule has 0 saturated heterocycles. The number of fused-ring (bicyclic) bond motifs is 1. The molecule has 0 atom stereocenters. The van der Waals surface area contributed by atoms with Gasteiger partial charge in [0.15, 0.2) is 11.3 Å². The van der Waals surface area contributed by atoms with E-state index < -0.39 is 5.63 Å². The van der Waals surface area contributed by atoms with E-state index in [1.807, 2.05) is 12.3 Å². The van der Waals surface area contributed by atoms with Crippen LogP contribution in [0.2, 0.25) is 0 Å². The molecule has 0 spiro atoms. The summed E-state index contributed by atoms with van der Waals surface area (Å²) in [5, 5.41) is 12.1. The van der Waals surface area contributed by atoms with Crippen LogP contribution in [-0.2, 0) is 0 Å². The lowest BCUT2D eigenvalue weighted by Gasteiger charge is -2.04. The summed E-state index contributed by atoms with van der Waals surface area (Å²) in [5.41, 5.74) is 0.919. The summed E-state index contributed by atoms with van der Waals surface area (Å²) in [5.74, 6) is -0.122. The highest BCUT2D eigenvalue weighted by Gasteiger charge is 2.18. The van der Waals surface area contributed by atoms with E-state index in [4.69, 9.17) is 4.42 Å². The molecule has 90 valence electrons. The van der Waals surface area contributed by atoms with Gasteiger partial charge in [-0.15, -0.1) is 11.3 Å². The van der Waals surface area contributed by atoms with Gasteiger partial charge in [0.25, 0.3) is 0 Å². The molecule has 3 rings (SSSR count). The largest absolute Gasteiger partial charge is 0.505 e. The highest BCUT2D eigenvalue weighted by atomic mass is 32.1. The first-order valence-corrected chi connectivity index (χ1v) is 6.21. The molecule has 0 fully saturated rings. The molecule has 0 aromatic carbocycles. The maximum Gasteiger partial charge on any atom is 0.348 e. The Kier molecular flexibility index (Phi) is 2.41. The molecule has 0 aliphatic carbocycles. The fourth-order valence-corrected chi connectivity index (χ4v) is 2.60. The first-order valence-electron chi connectivity index (χ1n) is 5.33. The van der Waals surface area contributed by atoms with Gasteiger partial charge in [0.2, 0.25) is 0 Å². The number of aromatic nitrogens is 1. The van der Waals surface area contributed by atoms with Crippen molar-refractivity contribution in [3.05, 3.63) is 45.1 Å². The first-order chi connectivity index (χ1) is 8.68. The van der Waals surface area contributed by atoms with Gasteiger partial charge in [0.1, 0.15) is 11.1 Å².